The fraction of sp³-hybridized carbons (Fsp3) is 0.200. The number of carbonyl (C=O) groups is 1. The minimum atomic E-state index is -1.04. The fourth-order valence-electron chi connectivity index (χ4n) is 2.79. The Balaban J connectivity index is 1.82. The van der Waals surface area contributed by atoms with Crippen molar-refractivity contribution in [3.63, 3.8) is 0 Å². The van der Waals surface area contributed by atoms with Crippen LogP contribution in [0.15, 0.2) is 36.4 Å². The molecular formula is C20H16Cl2F2N2O3. The van der Waals surface area contributed by atoms with Gasteiger partial charge in [-0.25, -0.2) is 13.5 Å². The molecule has 0 unspecified atom stereocenters. The topological polar surface area (TPSA) is 64.3 Å². The first-order valence-corrected chi connectivity index (χ1v) is 9.33. The fourth-order valence-corrected chi connectivity index (χ4v) is 3.08. The molecule has 29 heavy (non-hydrogen) atoms. The molecule has 0 spiro atoms. The number of ether oxygens (including phenoxy) is 1. The van der Waals surface area contributed by atoms with Crippen molar-refractivity contribution in [2.45, 2.75) is 26.4 Å². The minimum Gasteiger partial charge on any atom is -0.481 e. The van der Waals surface area contributed by atoms with Crippen LogP contribution in [-0.2, 0) is 17.8 Å². The minimum absolute atomic E-state index is 0.0206. The Morgan fingerprint density at radius 3 is 2.45 bits per heavy atom. The van der Waals surface area contributed by atoms with E-state index in [0.717, 1.165) is 12.1 Å². The summed E-state index contributed by atoms with van der Waals surface area (Å²) in [7, 11) is 0. The Hall–Kier alpha value is -2.64. The second-order valence-corrected chi connectivity index (χ2v) is 7.17. The second-order valence-electron chi connectivity index (χ2n) is 6.36. The summed E-state index contributed by atoms with van der Waals surface area (Å²) in [5.41, 5.74) is 2.09. The van der Waals surface area contributed by atoms with E-state index in [4.69, 9.17) is 33.0 Å². The lowest BCUT2D eigenvalue weighted by molar-refractivity contribution is -0.136. The quantitative estimate of drug-likeness (QED) is 0.536. The lowest BCUT2D eigenvalue weighted by atomic mass is 10.1. The molecule has 2 aromatic carbocycles. The van der Waals surface area contributed by atoms with Gasteiger partial charge in [-0.3, -0.25) is 4.79 Å². The number of hydrogen-bond donors (Lipinski definition) is 1. The number of benzene rings is 2. The van der Waals surface area contributed by atoms with E-state index in [1.807, 2.05) is 0 Å². The molecule has 152 valence electrons. The number of nitrogens with zero attached hydrogens (tertiary/aromatic N) is 2. The predicted molar refractivity (Wildman–Crippen MR) is 105 cm³/mol. The van der Waals surface area contributed by atoms with Gasteiger partial charge in [0.15, 0.2) is 17.4 Å². The van der Waals surface area contributed by atoms with Crippen molar-refractivity contribution in [2.24, 2.45) is 0 Å². The normalized spacial score (nSPS) is 10.9. The number of aromatic nitrogens is 2. The summed E-state index contributed by atoms with van der Waals surface area (Å²) in [6.07, 6.45) is -0.200. The molecule has 0 radical (unpaired) electrons. The molecule has 0 aliphatic heterocycles. The Bertz CT molecular complexity index is 1050. The first-order valence-electron chi connectivity index (χ1n) is 8.58. The maximum Gasteiger partial charge on any atom is 0.303 e. The van der Waals surface area contributed by atoms with Gasteiger partial charge in [-0.1, -0.05) is 23.2 Å². The van der Waals surface area contributed by atoms with E-state index in [1.54, 1.807) is 35.9 Å². The van der Waals surface area contributed by atoms with Gasteiger partial charge in [-0.15, -0.1) is 0 Å². The monoisotopic (exact) mass is 440 g/mol. The number of halogens is 4. The summed E-state index contributed by atoms with van der Waals surface area (Å²) in [6, 6.07) is 8.82. The molecular weight excluding hydrogens is 425 g/mol. The smallest absolute Gasteiger partial charge is 0.303 e. The molecule has 0 aliphatic carbocycles. The van der Waals surface area contributed by atoms with Crippen LogP contribution < -0.4 is 4.74 Å². The van der Waals surface area contributed by atoms with E-state index in [0.29, 0.717) is 27.1 Å². The largest absolute Gasteiger partial charge is 0.481 e. The van der Waals surface area contributed by atoms with Gasteiger partial charge in [0.1, 0.15) is 6.61 Å². The van der Waals surface area contributed by atoms with E-state index in [-0.39, 0.29) is 25.0 Å². The van der Waals surface area contributed by atoms with Crippen LogP contribution in [0.1, 0.15) is 23.4 Å². The van der Waals surface area contributed by atoms with Crippen LogP contribution in [0.5, 0.6) is 5.75 Å². The lowest BCUT2D eigenvalue weighted by Gasteiger charge is -2.12. The molecule has 9 heteroatoms. The number of carboxylic acid groups (broad SMARTS) is 1. The SMILES string of the molecule is Cc1cc(COc2c(F)cc(CCC(=O)O)cc2F)n(-c2ccc(Cl)c(Cl)c2)n1. The van der Waals surface area contributed by atoms with E-state index in [2.05, 4.69) is 5.10 Å². The van der Waals surface area contributed by atoms with E-state index in [9.17, 15) is 13.6 Å². The van der Waals surface area contributed by atoms with Gasteiger partial charge in [0.2, 0.25) is 0 Å². The zero-order valence-electron chi connectivity index (χ0n) is 15.3. The van der Waals surface area contributed by atoms with Crippen LogP contribution in [0.25, 0.3) is 5.69 Å². The first-order chi connectivity index (χ1) is 13.7. The van der Waals surface area contributed by atoms with Crippen LogP contribution in [0.4, 0.5) is 8.78 Å². The third-order valence-corrected chi connectivity index (χ3v) is 4.84. The van der Waals surface area contributed by atoms with Crippen LogP contribution in [0.3, 0.4) is 0 Å². The average Bonchev–Trinajstić information content (AvgIpc) is 3.02. The molecule has 0 bridgehead atoms. The molecule has 0 amide bonds. The van der Waals surface area contributed by atoms with Crippen LogP contribution in [0, 0.1) is 18.6 Å². The van der Waals surface area contributed by atoms with Crippen molar-refractivity contribution < 1.29 is 23.4 Å². The van der Waals surface area contributed by atoms with Crippen molar-refractivity contribution in [2.75, 3.05) is 0 Å². The van der Waals surface area contributed by atoms with Gasteiger partial charge < -0.3 is 9.84 Å². The lowest BCUT2D eigenvalue weighted by Crippen LogP contribution is -2.08. The number of rotatable bonds is 7. The van der Waals surface area contributed by atoms with Gasteiger partial charge in [0.25, 0.3) is 0 Å². The average molecular weight is 441 g/mol. The molecule has 3 rings (SSSR count). The van der Waals surface area contributed by atoms with Gasteiger partial charge in [-0.2, -0.15) is 5.10 Å². The molecule has 0 saturated heterocycles. The highest BCUT2D eigenvalue weighted by Crippen LogP contribution is 2.27. The molecule has 1 aromatic heterocycles. The number of aliphatic carboxylic acids is 1. The molecule has 1 N–H and O–H groups in total. The summed E-state index contributed by atoms with van der Waals surface area (Å²) in [5.74, 6) is -3.38. The highest BCUT2D eigenvalue weighted by atomic mass is 35.5. The van der Waals surface area contributed by atoms with Gasteiger partial charge >= 0.3 is 5.97 Å². The maximum atomic E-state index is 14.3. The molecule has 1 heterocycles. The summed E-state index contributed by atoms with van der Waals surface area (Å²) in [4.78, 5) is 10.6. The predicted octanol–water partition coefficient (Wildman–Crippen LogP) is 5.36. The van der Waals surface area contributed by atoms with Crippen LogP contribution >= 0.6 is 23.2 Å². The molecule has 0 aliphatic rings. The Morgan fingerprint density at radius 2 is 1.83 bits per heavy atom. The summed E-state index contributed by atoms with van der Waals surface area (Å²) < 4.78 is 35.5. The van der Waals surface area contributed by atoms with Gasteiger partial charge in [0, 0.05) is 6.42 Å². The zero-order valence-corrected chi connectivity index (χ0v) is 16.8. The zero-order chi connectivity index (χ0) is 21.1. The molecule has 3 aromatic rings. The first kappa shape index (κ1) is 21.1. The molecule has 0 fully saturated rings. The standard InChI is InChI=1S/C20H16Cl2F2N2O3/c1-11-6-14(26(25-11)13-3-4-15(21)16(22)9-13)10-29-20-17(23)7-12(8-18(20)24)2-5-19(27)28/h3-4,6-9H,2,5,10H2,1H3,(H,27,28). The Morgan fingerprint density at radius 1 is 1.14 bits per heavy atom. The van der Waals surface area contributed by atoms with Crippen molar-refractivity contribution in [1.29, 1.82) is 0 Å². The highest BCUT2D eigenvalue weighted by molar-refractivity contribution is 6.42. The van der Waals surface area contributed by atoms with Crippen LogP contribution in [-0.4, -0.2) is 20.9 Å². The number of aryl methyl sites for hydroxylation is 2. The van der Waals surface area contributed by atoms with Gasteiger partial charge in [-0.05, 0) is 55.3 Å². The van der Waals surface area contributed by atoms with Crippen molar-refractivity contribution in [1.82, 2.24) is 9.78 Å². The summed E-state index contributed by atoms with van der Waals surface area (Å²) in [5, 5.41) is 13.8. The third kappa shape index (κ3) is 5.05. The number of hydrogen-bond acceptors (Lipinski definition) is 3. The molecule has 0 saturated carbocycles. The van der Waals surface area contributed by atoms with Crippen molar-refractivity contribution in [3.8, 4) is 11.4 Å². The highest BCUT2D eigenvalue weighted by Gasteiger charge is 2.16. The van der Waals surface area contributed by atoms with E-state index < -0.39 is 23.4 Å². The number of carboxylic acids is 1. The molecule has 0 atom stereocenters. The Kier molecular flexibility index (Phi) is 6.39. The second kappa shape index (κ2) is 8.80. The van der Waals surface area contributed by atoms with Crippen molar-refractivity contribution >= 4 is 29.2 Å². The maximum absolute atomic E-state index is 14.3. The third-order valence-electron chi connectivity index (χ3n) is 4.10. The van der Waals surface area contributed by atoms with E-state index >= 15 is 0 Å². The van der Waals surface area contributed by atoms with E-state index in [1.165, 1.54) is 0 Å². The van der Waals surface area contributed by atoms with Crippen molar-refractivity contribution in [3.05, 3.63) is 75.0 Å². The Labute approximate surface area is 175 Å². The van der Waals surface area contributed by atoms with Crippen LogP contribution in [0.2, 0.25) is 10.0 Å². The molecule has 5 nitrogen and oxygen atoms in total. The summed E-state index contributed by atoms with van der Waals surface area (Å²) >= 11 is 12.0. The summed E-state index contributed by atoms with van der Waals surface area (Å²) in [6.45, 7) is 1.62. The van der Waals surface area contributed by atoms with Gasteiger partial charge in [0.05, 0.1) is 27.1 Å².